The molecule has 1 heterocycles. The number of amides is 1. The van der Waals surface area contributed by atoms with E-state index in [0.717, 1.165) is 48.9 Å². The Labute approximate surface area is 156 Å². The molecule has 1 fully saturated rings. The minimum Gasteiger partial charge on any atom is -0.454 e. The molecular weight excluding hydrogens is 328 g/mol. The van der Waals surface area contributed by atoms with Gasteiger partial charge in [0.2, 0.25) is 12.7 Å². The molecule has 5 heteroatoms. The van der Waals surface area contributed by atoms with Crippen molar-refractivity contribution >= 4 is 12.0 Å². The minimum atomic E-state index is 0.101. The summed E-state index contributed by atoms with van der Waals surface area (Å²) in [6, 6.07) is 6.11. The number of likely N-dealkylation sites (N-methyl/N-ethyl adjacent to an activating group) is 1. The zero-order chi connectivity index (χ0) is 18.5. The average Bonchev–Trinajstić information content (AvgIpc) is 3.09. The third-order valence-corrected chi connectivity index (χ3v) is 5.31. The maximum absolute atomic E-state index is 12.9. The molecule has 0 unspecified atom stereocenters. The molecule has 0 atom stereocenters. The summed E-state index contributed by atoms with van der Waals surface area (Å²) in [4.78, 5) is 17.1. The SMILES string of the molecule is CC1CCC(N(CCN(C)C)C(=O)/C=C/c2ccc3c(c2)OCO3)CC1. The molecule has 2 aliphatic rings. The van der Waals surface area contributed by atoms with Gasteiger partial charge < -0.3 is 19.3 Å². The van der Waals surface area contributed by atoms with Gasteiger partial charge in [-0.2, -0.15) is 0 Å². The Balaban J connectivity index is 1.67. The van der Waals surface area contributed by atoms with Crippen LogP contribution < -0.4 is 9.47 Å². The van der Waals surface area contributed by atoms with Crippen LogP contribution in [-0.2, 0) is 4.79 Å². The minimum absolute atomic E-state index is 0.101. The van der Waals surface area contributed by atoms with Crippen LogP contribution >= 0.6 is 0 Å². The van der Waals surface area contributed by atoms with Gasteiger partial charge in [0, 0.05) is 25.2 Å². The van der Waals surface area contributed by atoms with E-state index in [1.165, 1.54) is 12.8 Å². The van der Waals surface area contributed by atoms with Crippen molar-refractivity contribution in [1.29, 1.82) is 0 Å². The van der Waals surface area contributed by atoms with Crippen molar-refractivity contribution in [2.75, 3.05) is 34.0 Å². The van der Waals surface area contributed by atoms with E-state index in [0.29, 0.717) is 6.04 Å². The molecular formula is C21H30N2O3. The smallest absolute Gasteiger partial charge is 0.246 e. The van der Waals surface area contributed by atoms with Gasteiger partial charge in [0.15, 0.2) is 11.5 Å². The molecule has 0 N–H and O–H groups in total. The van der Waals surface area contributed by atoms with Crippen LogP contribution in [0.5, 0.6) is 11.5 Å². The lowest BCUT2D eigenvalue weighted by atomic mass is 9.86. The molecule has 1 aromatic carbocycles. The second-order valence-electron chi connectivity index (χ2n) is 7.69. The fourth-order valence-corrected chi connectivity index (χ4v) is 3.61. The Hall–Kier alpha value is -2.01. The lowest BCUT2D eigenvalue weighted by Gasteiger charge is -2.36. The Morgan fingerprint density at radius 1 is 1.12 bits per heavy atom. The standard InChI is InChI=1S/C21H30N2O3/c1-16-4-8-18(9-5-16)23(13-12-22(2)3)21(24)11-7-17-6-10-19-20(14-17)26-15-25-19/h6-7,10-11,14,16,18H,4-5,8-9,12-13,15H2,1-3H3/b11-7+. The third kappa shape index (κ3) is 4.79. The number of hydrogen-bond donors (Lipinski definition) is 0. The highest BCUT2D eigenvalue weighted by Crippen LogP contribution is 2.33. The fraction of sp³-hybridized carbons (Fsp3) is 0.571. The summed E-state index contributed by atoms with van der Waals surface area (Å²) in [5, 5.41) is 0. The lowest BCUT2D eigenvalue weighted by Crippen LogP contribution is -2.44. The lowest BCUT2D eigenvalue weighted by molar-refractivity contribution is -0.129. The first kappa shape index (κ1) is 18.8. The number of hydrogen-bond acceptors (Lipinski definition) is 4. The van der Waals surface area contributed by atoms with Gasteiger partial charge in [-0.05, 0) is 69.5 Å². The fourth-order valence-electron chi connectivity index (χ4n) is 3.61. The highest BCUT2D eigenvalue weighted by molar-refractivity contribution is 5.92. The number of rotatable bonds is 6. The summed E-state index contributed by atoms with van der Waals surface area (Å²) in [5.41, 5.74) is 0.951. The number of nitrogens with zero attached hydrogens (tertiary/aromatic N) is 2. The van der Waals surface area contributed by atoms with Crippen molar-refractivity contribution in [2.45, 2.75) is 38.6 Å². The largest absolute Gasteiger partial charge is 0.454 e. The molecule has 1 aromatic rings. The summed E-state index contributed by atoms with van der Waals surface area (Å²) in [7, 11) is 4.10. The number of ether oxygens (including phenoxy) is 2. The first-order chi connectivity index (χ1) is 12.5. The number of fused-ring (bicyclic) bond motifs is 1. The number of carbonyl (C=O) groups excluding carboxylic acids is 1. The van der Waals surface area contributed by atoms with Crippen molar-refractivity contribution in [2.24, 2.45) is 5.92 Å². The summed E-state index contributed by atoms with van der Waals surface area (Å²) in [6.45, 7) is 4.23. The zero-order valence-corrected chi connectivity index (χ0v) is 16.1. The van der Waals surface area contributed by atoms with Crippen LogP contribution in [0.1, 0.15) is 38.2 Å². The van der Waals surface area contributed by atoms with E-state index in [-0.39, 0.29) is 12.7 Å². The van der Waals surface area contributed by atoms with E-state index in [2.05, 4.69) is 16.7 Å². The Bertz CT molecular complexity index is 649. The number of carbonyl (C=O) groups is 1. The second kappa shape index (κ2) is 8.58. The van der Waals surface area contributed by atoms with Gasteiger partial charge in [-0.25, -0.2) is 0 Å². The van der Waals surface area contributed by atoms with Gasteiger partial charge in [-0.3, -0.25) is 4.79 Å². The molecule has 1 saturated carbocycles. The van der Waals surface area contributed by atoms with Crippen molar-refractivity contribution in [3.8, 4) is 11.5 Å². The summed E-state index contributed by atoms with van der Waals surface area (Å²) in [5.74, 6) is 2.38. The molecule has 1 aliphatic carbocycles. The van der Waals surface area contributed by atoms with Crippen molar-refractivity contribution in [1.82, 2.24) is 9.80 Å². The van der Waals surface area contributed by atoms with E-state index in [4.69, 9.17) is 9.47 Å². The predicted molar refractivity (Wildman–Crippen MR) is 103 cm³/mol. The second-order valence-corrected chi connectivity index (χ2v) is 7.69. The highest BCUT2D eigenvalue weighted by atomic mass is 16.7. The summed E-state index contributed by atoms with van der Waals surface area (Å²) < 4.78 is 10.7. The first-order valence-electron chi connectivity index (χ1n) is 9.56. The van der Waals surface area contributed by atoms with Crippen LogP contribution in [0.15, 0.2) is 24.3 Å². The predicted octanol–water partition coefficient (Wildman–Crippen LogP) is 3.40. The van der Waals surface area contributed by atoms with Crippen LogP contribution in [0, 0.1) is 5.92 Å². The maximum atomic E-state index is 12.9. The highest BCUT2D eigenvalue weighted by Gasteiger charge is 2.26. The molecule has 142 valence electrons. The van der Waals surface area contributed by atoms with Gasteiger partial charge in [-0.1, -0.05) is 13.0 Å². The molecule has 0 saturated heterocycles. The topological polar surface area (TPSA) is 42.0 Å². The van der Waals surface area contributed by atoms with Crippen molar-refractivity contribution in [3.05, 3.63) is 29.8 Å². The Morgan fingerprint density at radius 3 is 2.58 bits per heavy atom. The van der Waals surface area contributed by atoms with Crippen molar-refractivity contribution < 1.29 is 14.3 Å². The van der Waals surface area contributed by atoms with Crippen molar-refractivity contribution in [3.63, 3.8) is 0 Å². The van der Waals surface area contributed by atoms with E-state index < -0.39 is 0 Å². The van der Waals surface area contributed by atoms with Crippen LogP contribution in [0.2, 0.25) is 0 Å². The summed E-state index contributed by atoms with van der Waals surface area (Å²) in [6.07, 6.45) is 8.21. The van der Waals surface area contributed by atoms with Gasteiger partial charge in [0.05, 0.1) is 0 Å². The van der Waals surface area contributed by atoms with Crippen LogP contribution in [-0.4, -0.2) is 55.7 Å². The normalized spacial score (nSPS) is 22.2. The third-order valence-electron chi connectivity index (χ3n) is 5.31. The van der Waals surface area contributed by atoms with Gasteiger partial charge in [-0.15, -0.1) is 0 Å². The number of benzene rings is 1. The Kier molecular flexibility index (Phi) is 6.20. The monoisotopic (exact) mass is 358 g/mol. The molecule has 26 heavy (non-hydrogen) atoms. The quantitative estimate of drug-likeness (QED) is 0.731. The van der Waals surface area contributed by atoms with Crippen LogP contribution in [0.3, 0.4) is 0 Å². The zero-order valence-electron chi connectivity index (χ0n) is 16.1. The van der Waals surface area contributed by atoms with E-state index in [9.17, 15) is 4.79 Å². The molecule has 5 nitrogen and oxygen atoms in total. The van der Waals surface area contributed by atoms with Gasteiger partial charge in [0.1, 0.15) is 0 Å². The van der Waals surface area contributed by atoms with E-state index in [1.807, 2.05) is 38.4 Å². The molecule has 0 aromatic heterocycles. The van der Waals surface area contributed by atoms with Crippen LogP contribution in [0.25, 0.3) is 6.08 Å². The Morgan fingerprint density at radius 2 is 1.85 bits per heavy atom. The maximum Gasteiger partial charge on any atom is 0.246 e. The molecule has 0 radical (unpaired) electrons. The van der Waals surface area contributed by atoms with E-state index in [1.54, 1.807) is 6.08 Å². The van der Waals surface area contributed by atoms with Gasteiger partial charge in [0.25, 0.3) is 0 Å². The molecule has 3 rings (SSSR count). The summed E-state index contributed by atoms with van der Waals surface area (Å²) >= 11 is 0. The first-order valence-corrected chi connectivity index (χ1v) is 9.56. The molecule has 1 amide bonds. The molecule has 1 aliphatic heterocycles. The molecule has 0 bridgehead atoms. The van der Waals surface area contributed by atoms with Gasteiger partial charge >= 0.3 is 0 Å². The average molecular weight is 358 g/mol. The van der Waals surface area contributed by atoms with E-state index >= 15 is 0 Å². The molecule has 0 spiro atoms. The van der Waals surface area contributed by atoms with Crippen LogP contribution in [0.4, 0.5) is 0 Å².